The lowest BCUT2D eigenvalue weighted by molar-refractivity contribution is -0.0746. The van der Waals surface area contributed by atoms with Gasteiger partial charge >= 0.3 is 0 Å². The molecule has 1 aromatic carbocycles. The number of nitrogens with zero attached hydrogens (tertiary/aromatic N) is 2. The van der Waals surface area contributed by atoms with Gasteiger partial charge in [0.05, 0.1) is 18.7 Å². The van der Waals surface area contributed by atoms with Crippen LogP contribution in [0.4, 0.5) is 0 Å². The Balaban J connectivity index is 1.73. The Labute approximate surface area is 162 Å². The fraction of sp³-hybridized carbons (Fsp3) is 0.522. The molecular formula is C23H30N2O2. The lowest BCUT2D eigenvalue weighted by atomic mass is 9.73. The zero-order valence-electron chi connectivity index (χ0n) is 16.4. The van der Waals surface area contributed by atoms with Crippen LogP contribution in [0.1, 0.15) is 37.9 Å². The summed E-state index contributed by atoms with van der Waals surface area (Å²) in [7, 11) is 1.71. The standard InChI is InChI=1S/C23H30N2O2/c1-4-12-27-23(22-13-17-9-11-25(22)15-16(17)5-2)19-8-10-24-21-7-6-18(26-3)14-20(19)21/h5-8,10,14,16-17,22-23H,2,4,9,11-13,15H2,1,3H3/t16-,17-,22-,23+/m0/s1. The lowest BCUT2D eigenvalue weighted by Crippen LogP contribution is -2.55. The molecule has 5 rings (SSSR count). The molecule has 1 aromatic heterocycles. The maximum absolute atomic E-state index is 6.48. The fourth-order valence-electron chi connectivity index (χ4n) is 4.87. The van der Waals surface area contributed by atoms with Crippen molar-refractivity contribution in [2.75, 3.05) is 26.8 Å². The summed E-state index contributed by atoms with van der Waals surface area (Å²) < 4.78 is 12.0. The Kier molecular flexibility index (Phi) is 5.46. The number of pyridine rings is 1. The van der Waals surface area contributed by atoms with Crippen LogP contribution in [0.2, 0.25) is 0 Å². The van der Waals surface area contributed by atoms with E-state index in [4.69, 9.17) is 9.47 Å². The van der Waals surface area contributed by atoms with Crippen molar-refractivity contribution in [2.24, 2.45) is 11.8 Å². The number of ether oxygens (including phenoxy) is 2. The molecule has 144 valence electrons. The van der Waals surface area contributed by atoms with Crippen LogP contribution in [0.25, 0.3) is 10.9 Å². The first kappa shape index (κ1) is 18.5. The van der Waals surface area contributed by atoms with E-state index in [1.807, 2.05) is 18.3 Å². The second-order valence-electron chi connectivity index (χ2n) is 7.82. The highest BCUT2D eigenvalue weighted by molar-refractivity contribution is 5.84. The molecule has 5 atom stereocenters. The zero-order valence-corrected chi connectivity index (χ0v) is 16.4. The lowest BCUT2D eigenvalue weighted by Gasteiger charge is -2.51. The summed E-state index contributed by atoms with van der Waals surface area (Å²) in [5.74, 6) is 2.21. The quantitative estimate of drug-likeness (QED) is 0.671. The van der Waals surface area contributed by atoms with Gasteiger partial charge in [0.1, 0.15) is 5.75 Å². The van der Waals surface area contributed by atoms with Crippen molar-refractivity contribution in [3.05, 3.63) is 48.7 Å². The molecule has 0 amide bonds. The van der Waals surface area contributed by atoms with E-state index in [9.17, 15) is 0 Å². The fourth-order valence-corrected chi connectivity index (χ4v) is 4.87. The molecule has 0 aliphatic carbocycles. The van der Waals surface area contributed by atoms with Gasteiger partial charge in [-0.1, -0.05) is 13.0 Å². The molecule has 4 heterocycles. The number of hydrogen-bond acceptors (Lipinski definition) is 4. The molecule has 3 aliphatic rings. The van der Waals surface area contributed by atoms with E-state index in [2.05, 4.69) is 41.6 Å². The molecule has 0 saturated carbocycles. The average Bonchev–Trinajstić information content (AvgIpc) is 2.74. The van der Waals surface area contributed by atoms with Gasteiger partial charge in [0, 0.05) is 30.8 Å². The summed E-state index contributed by atoms with van der Waals surface area (Å²) >= 11 is 0. The summed E-state index contributed by atoms with van der Waals surface area (Å²) in [6.45, 7) is 9.28. The van der Waals surface area contributed by atoms with Crippen molar-refractivity contribution in [3.63, 3.8) is 0 Å². The molecule has 0 N–H and O–H groups in total. The highest BCUT2D eigenvalue weighted by Gasteiger charge is 2.43. The highest BCUT2D eigenvalue weighted by atomic mass is 16.5. The van der Waals surface area contributed by atoms with Gasteiger partial charge in [-0.2, -0.15) is 0 Å². The summed E-state index contributed by atoms with van der Waals surface area (Å²) in [5, 5.41) is 1.14. The summed E-state index contributed by atoms with van der Waals surface area (Å²) in [6.07, 6.45) is 7.61. The smallest absolute Gasteiger partial charge is 0.119 e. The first-order chi connectivity index (χ1) is 13.2. The van der Waals surface area contributed by atoms with Gasteiger partial charge < -0.3 is 9.47 Å². The average molecular weight is 367 g/mol. The van der Waals surface area contributed by atoms with Crippen molar-refractivity contribution in [3.8, 4) is 5.75 Å². The Morgan fingerprint density at radius 3 is 2.96 bits per heavy atom. The largest absolute Gasteiger partial charge is 0.497 e. The van der Waals surface area contributed by atoms with Crippen LogP contribution in [-0.4, -0.2) is 42.7 Å². The van der Waals surface area contributed by atoms with Crippen LogP contribution in [0.5, 0.6) is 5.75 Å². The molecular weight excluding hydrogens is 336 g/mol. The Hall–Kier alpha value is -1.91. The van der Waals surface area contributed by atoms with Gasteiger partial charge in [-0.15, -0.1) is 6.58 Å². The minimum atomic E-state index is 0.0659. The van der Waals surface area contributed by atoms with E-state index in [0.29, 0.717) is 12.0 Å². The van der Waals surface area contributed by atoms with Crippen LogP contribution < -0.4 is 4.74 Å². The van der Waals surface area contributed by atoms with Crippen molar-refractivity contribution in [1.29, 1.82) is 0 Å². The maximum Gasteiger partial charge on any atom is 0.119 e. The van der Waals surface area contributed by atoms with Crippen LogP contribution in [0.3, 0.4) is 0 Å². The van der Waals surface area contributed by atoms with Gasteiger partial charge in [0.25, 0.3) is 0 Å². The molecule has 0 radical (unpaired) electrons. The third-order valence-corrected chi connectivity index (χ3v) is 6.29. The minimum Gasteiger partial charge on any atom is -0.497 e. The number of methoxy groups -OCH3 is 1. The van der Waals surface area contributed by atoms with Gasteiger partial charge in [0.2, 0.25) is 0 Å². The Bertz CT molecular complexity index is 806. The maximum atomic E-state index is 6.48. The van der Waals surface area contributed by atoms with E-state index in [1.54, 1.807) is 7.11 Å². The van der Waals surface area contributed by atoms with E-state index >= 15 is 0 Å². The third-order valence-electron chi connectivity index (χ3n) is 6.29. The molecule has 0 spiro atoms. The molecule has 4 nitrogen and oxygen atoms in total. The van der Waals surface area contributed by atoms with Crippen LogP contribution in [0, 0.1) is 11.8 Å². The minimum absolute atomic E-state index is 0.0659. The van der Waals surface area contributed by atoms with Gasteiger partial charge in [-0.05, 0) is 67.5 Å². The zero-order chi connectivity index (χ0) is 18.8. The number of rotatable bonds is 7. The molecule has 4 heteroatoms. The van der Waals surface area contributed by atoms with E-state index in [-0.39, 0.29) is 6.10 Å². The first-order valence-corrected chi connectivity index (χ1v) is 10.2. The van der Waals surface area contributed by atoms with E-state index < -0.39 is 0 Å². The third kappa shape index (κ3) is 3.48. The predicted molar refractivity (Wildman–Crippen MR) is 109 cm³/mol. The van der Waals surface area contributed by atoms with Gasteiger partial charge in [-0.3, -0.25) is 9.88 Å². The number of piperidine rings is 3. The molecule has 1 unspecified atom stereocenters. The summed E-state index contributed by atoms with van der Waals surface area (Å²) in [4.78, 5) is 7.18. The topological polar surface area (TPSA) is 34.6 Å². The van der Waals surface area contributed by atoms with Crippen LogP contribution in [0.15, 0.2) is 43.1 Å². The molecule has 2 aromatic rings. The first-order valence-electron chi connectivity index (χ1n) is 10.2. The number of fused-ring (bicyclic) bond motifs is 4. The van der Waals surface area contributed by atoms with Crippen molar-refractivity contribution in [1.82, 2.24) is 9.88 Å². The number of aromatic nitrogens is 1. The SMILES string of the molecule is C=C[C@H]1CN2CC[C@H]1C[C@H]2[C@H](OCCC)c1ccnc2ccc(OC)cc12. The van der Waals surface area contributed by atoms with E-state index in [1.165, 1.54) is 18.4 Å². The summed E-state index contributed by atoms with van der Waals surface area (Å²) in [6, 6.07) is 8.67. The Morgan fingerprint density at radius 1 is 1.37 bits per heavy atom. The van der Waals surface area contributed by atoms with Crippen LogP contribution in [-0.2, 0) is 4.74 Å². The summed E-state index contributed by atoms with van der Waals surface area (Å²) in [5.41, 5.74) is 2.23. The number of hydrogen-bond donors (Lipinski definition) is 0. The molecule has 3 fully saturated rings. The second-order valence-corrected chi connectivity index (χ2v) is 7.82. The molecule has 3 aliphatic heterocycles. The van der Waals surface area contributed by atoms with E-state index in [0.717, 1.165) is 48.7 Å². The van der Waals surface area contributed by atoms with Crippen molar-refractivity contribution < 1.29 is 9.47 Å². The van der Waals surface area contributed by atoms with Crippen molar-refractivity contribution in [2.45, 2.75) is 38.3 Å². The monoisotopic (exact) mass is 366 g/mol. The van der Waals surface area contributed by atoms with Gasteiger partial charge in [-0.25, -0.2) is 0 Å². The second kappa shape index (κ2) is 7.99. The molecule has 27 heavy (non-hydrogen) atoms. The highest BCUT2D eigenvalue weighted by Crippen LogP contribution is 2.43. The number of benzene rings is 1. The molecule has 3 saturated heterocycles. The predicted octanol–water partition coefficient (Wildman–Crippen LogP) is 4.61. The molecule has 2 bridgehead atoms. The van der Waals surface area contributed by atoms with Crippen molar-refractivity contribution >= 4 is 10.9 Å². The van der Waals surface area contributed by atoms with Crippen LogP contribution >= 0.6 is 0 Å². The Morgan fingerprint density at radius 2 is 2.26 bits per heavy atom. The normalized spacial score (nSPS) is 28.2. The van der Waals surface area contributed by atoms with Gasteiger partial charge in [0.15, 0.2) is 0 Å².